The Morgan fingerprint density at radius 1 is 1.31 bits per heavy atom. The van der Waals surface area contributed by atoms with Crippen LogP contribution in [0.5, 0.6) is 5.75 Å². The van der Waals surface area contributed by atoms with E-state index in [4.69, 9.17) is 12.2 Å². The molecule has 2 amide bonds. The first kappa shape index (κ1) is 21.5. The largest absolute Gasteiger partial charge is 0.508 e. The van der Waals surface area contributed by atoms with Gasteiger partial charge in [-0.3, -0.25) is 14.5 Å². The van der Waals surface area contributed by atoms with E-state index in [1.165, 1.54) is 45.0 Å². The molecule has 1 aliphatic rings. The summed E-state index contributed by atoms with van der Waals surface area (Å²) >= 11 is 8.03. The minimum atomic E-state index is -0.915. The van der Waals surface area contributed by atoms with Gasteiger partial charge >= 0.3 is 0 Å². The molecule has 2 atom stereocenters. The van der Waals surface area contributed by atoms with Gasteiger partial charge in [0.05, 0.1) is 17.6 Å². The highest BCUT2D eigenvalue weighted by atomic mass is 32.2. The summed E-state index contributed by atoms with van der Waals surface area (Å²) in [7, 11) is 1.57. The fraction of sp³-hybridized carbons (Fsp3) is 0.250. The van der Waals surface area contributed by atoms with E-state index in [2.05, 4.69) is 0 Å². The Morgan fingerprint density at radius 2 is 2.00 bits per heavy atom. The number of aromatic hydroxyl groups is 1. The van der Waals surface area contributed by atoms with Gasteiger partial charge in [-0.2, -0.15) is 0 Å². The second kappa shape index (κ2) is 9.08. The topological polar surface area (TPSA) is 81.1 Å². The molecule has 0 saturated carbocycles. The molecule has 0 bridgehead atoms. The normalized spacial score (nSPS) is 17.6. The molecule has 9 heteroatoms. The van der Waals surface area contributed by atoms with E-state index in [1.807, 2.05) is 17.5 Å². The lowest BCUT2D eigenvalue weighted by molar-refractivity contribution is -0.139. The van der Waals surface area contributed by atoms with Crippen molar-refractivity contribution in [3.63, 3.8) is 0 Å². The van der Waals surface area contributed by atoms with Crippen LogP contribution in [-0.2, 0) is 9.59 Å². The Morgan fingerprint density at radius 3 is 2.62 bits per heavy atom. The van der Waals surface area contributed by atoms with E-state index < -0.39 is 12.1 Å². The van der Waals surface area contributed by atoms with Crippen molar-refractivity contribution in [2.24, 2.45) is 0 Å². The monoisotopic (exact) mass is 448 g/mol. The van der Waals surface area contributed by atoms with Gasteiger partial charge in [0.15, 0.2) is 0 Å². The van der Waals surface area contributed by atoms with E-state index in [0.717, 1.165) is 4.88 Å². The maximum absolute atomic E-state index is 12.9. The number of aliphatic hydroxyl groups is 1. The van der Waals surface area contributed by atoms with Crippen LogP contribution >= 0.6 is 35.3 Å². The van der Waals surface area contributed by atoms with E-state index in [0.29, 0.717) is 14.8 Å². The Hall–Kier alpha value is -2.20. The maximum atomic E-state index is 12.9. The van der Waals surface area contributed by atoms with Crippen LogP contribution in [0.25, 0.3) is 6.08 Å². The molecule has 0 aliphatic carbocycles. The highest BCUT2D eigenvalue weighted by Crippen LogP contribution is 2.35. The first-order chi connectivity index (χ1) is 13.8. The smallest absolute Gasteiger partial charge is 0.266 e. The fourth-order valence-corrected chi connectivity index (χ4v) is 5.04. The molecule has 0 radical (unpaired) electrons. The van der Waals surface area contributed by atoms with Crippen molar-refractivity contribution in [2.45, 2.75) is 19.1 Å². The number of thiocarbonyl (C=S) groups is 1. The number of thiophene rings is 1. The van der Waals surface area contributed by atoms with E-state index in [1.54, 1.807) is 32.2 Å². The van der Waals surface area contributed by atoms with Gasteiger partial charge in [-0.15, -0.1) is 11.3 Å². The van der Waals surface area contributed by atoms with Crippen LogP contribution in [0.15, 0.2) is 46.7 Å². The van der Waals surface area contributed by atoms with Crippen molar-refractivity contribution >= 4 is 57.5 Å². The Balaban J connectivity index is 1.67. The van der Waals surface area contributed by atoms with Crippen LogP contribution in [0, 0.1) is 0 Å². The van der Waals surface area contributed by atoms with Gasteiger partial charge in [0.25, 0.3) is 5.91 Å². The van der Waals surface area contributed by atoms with Gasteiger partial charge in [0.2, 0.25) is 5.91 Å². The number of carbonyl (C=O) groups is 2. The average molecular weight is 449 g/mol. The number of phenolic OH excluding ortho intramolecular Hbond substituents is 1. The Bertz CT molecular complexity index is 941. The molecular weight excluding hydrogens is 428 g/mol. The number of hydrogen-bond donors (Lipinski definition) is 2. The van der Waals surface area contributed by atoms with E-state index in [-0.39, 0.29) is 24.1 Å². The number of amides is 2. The number of nitrogens with zero attached hydrogens (tertiary/aromatic N) is 2. The van der Waals surface area contributed by atoms with Crippen molar-refractivity contribution in [1.82, 2.24) is 9.80 Å². The van der Waals surface area contributed by atoms with E-state index >= 15 is 0 Å². The van der Waals surface area contributed by atoms with Crippen molar-refractivity contribution in [3.05, 3.63) is 57.1 Å². The molecule has 2 heterocycles. The van der Waals surface area contributed by atoms with Crippen LogP contribution in [-0.4, -0.2) is 55.8 Å². The number of rotatable bonds is 6. The van der Waals surface area contributed by atoms with Gasteiger partial charge < -0.3 is 15.1 Å². The number of phenols is 1. The molecule has 2 unspecified atom stereocenters. The van der Waals surface area contributed by atoms with Crippen LogP contribution in [0.1, 0.15) is 23.5 Å². The summed E-state index contributed by atoms with van der Waals surface area (Å²) in [5.74, 6) is -0.512. The van der Waals surface area contributed by atoms with Crippen LogP contribution in [0.4, 0.5) is 0 Å². The van der Waals surface area contributed by atoms with Gasteiger partial charge in [-0.05, 0) is 42.1 Å². The maximum Gasteiger partial charge on any atom is 0.266 e. The van der Waals surface area contributed by atoms with Crippen LogP contribution < -0.4 is 0 Å². The fourth-order valence-electron chi connectivity index (χ4n) is 2.90. The summed E-state index contributed by atoms with van der Waals surface area (Å²) in [5, 5.41) is 21.7. The molecule has 29 heavy (non-hydrogen) atoms. The molecule has 1 aromatic heterocycles. The first-order valence-corrected chi connectivity index (χ1v) is 10.9. The number of aliphatic hydroxyl groups excluding tert-OH is 1. The molecule has 1 saturated heterocycles. The summed E-state index contributed by atoms with van der Waals surface area (Å²) in [6.45, 7) is 1.68. The molecule has 1 aromatic carbocycles. The summed E-state index contributed by atoms with van der Waals surface area (Å²) in [6.07, 6.45) is 0.862. The standard InChI is InChI=1S/C20H20N2O4S3/c1-12(18(25)21(2)11-16(24)13-5-7-14(23)8-6-13)22-19(26)17(29-20(22)27)10-15-4-3-9-28-15/h3-10,12,16,23-24H,11H2,1-2H3. The second-order valence-corrected chi connectivity index (χ2v) is 9.22. The summed E-state index contributed by atoms with van der Waals surface area (Å²) < 4.78 is 0.339. The minimum absolute atomic E-state index is 0.0494. The molecule has 3 rings (SSSR count). The van der Waals surface area contributed by atoms with Crippen LogP contribution in [0.3, 0.4) is 0 Å². The average Bonchev–Trinajstić information content (AvgIpc) is 3.29. The zero-order chi connectivity index (χ0) is 21.1. The Kier molecular flexibility index (Phi) is 6.74. The lowest BCUT2D eigenvalue weighted by atomic mass is 10.1. The number of likely N-dealkylation sites (N-methyl/N-ethyl adjacent to an activating group) is 1. The molecule has 6 nitrogen and oxygen atoms in total. The molecule has 2 aromatic rings. The Labute approximate surface area is 182 Å². The first-order valence-electron chi connectivity index (χ1n) is 8.80. The molecule has 0 spiro atoms. The molecule has 1 fully saturated rings. The highest BCUT2D eigenvalue weighted by molar-refractivity contribution is 8.26. The molecule has 152 valence electrons. The summed E-state index contributed by atoms with van der Waals surface area (Å²) in [4.78, 5) is 29.8. The third-order valence-electron chi connectivity index (χ3n) is 4.49. The second-order valence-electron chi connectivity index (χ2n) is 6.57. The third-order valence-corrected chi connectivity index (χ3v) is 6.64. The van der Waals surface area contributed by atoms with Gasteiger partial charge in [0, 0.05) is 11.9 Å². The van der Waals surface area contributed by atoms with E-state index in [9.17, 15) is 19.8 Å². The summed E-state index contributed by atoms with van der Waals surface area (Å²) in [5.41, 5.74) is 0.583. The molecule has 1 aliphatic heterocycles. The zero-order valence-electron chi connectivity index (χ0n) is 15.8. The third kappa shape index (κ3) is 4.87. The van der Waals surface area contributed by atoms with Crippen molar-refractivity contribution in [2.75, 3.05) is 13.6 Å². The van der Waals surface area contributed by atoms with Crippen molar-refractivity contribution < 1.29 is 19.8 Å². The zero-order valence-corrected chi connectivity index (χ0v) is 18.3. The molecule has 2 N–H and O–H groups in total. The highest BCUT2D eigenvalue weighted by Gasteiger charge is 2.39. The quantitative estimate of drug-likeness (QED) is 0.522. The number of thioether (sulfide) groups is 1. The molecular formula is C20H20N2O4S3. The number of hydrogen-bond acceptors (Lipinski definition) is 7. The van der Waals surface area contributed by atoms with Crippen molar-refractivity contribution in [1.29, 1.82) is 0 Å². The number of carbonyl (C=O) groups excluding carboxylic acids is 2. The van der Waals surface area contributed by atoms with Gasteiger partial charge in [-0.25, -0.2) is 0 Å². The van der Waals surface area contributed by atoms with Gasteiger partial charge in [-0.1, -0.05) is 42.2 Å². The lowest BCUT2D eigenvalue weighted by Gasteiger charge is -2.28. The van der Waals surface area contributed by atoms with Crippen molar-refractivity contribution in [3.8, 4) is 5.75 Å². The predicted octanol–water partition coefficient (Wildman–Crippen LogP) is 3.24. The lowest BCUT2D eigenvalue weighted by Crippen LogP contribution is -2.48. The summed E-state index contributed by atoms with van der Waals surface area (Å²) in [6, 6.07) is 9.17. The predicted molar refractivity (Wildman–Crippen MR) is 119 cm³/mol. The number of benzene rings is 1. The minimum Gasteiger partial charge on any atom is -0.508 e. The van der Waals surface area contributed by atoms with Crippen LogP contribution in [0.2, 0.25) is 0 Å². The van der Waals surface area contributed by atoms with Gasteiger partial charge in [0.1, 0.15) is 16.1 Å². The SMILES string of the molecule is CC(C(=O)N(C)CC(O)c1ccc(O)cc1)N1C(=O)C(=Cc2cccs2)SC1=S.